The van der Waals surface area contributed by atoms with Crippen molar-refractivity contribution in [3.05, 3.63) is 118 Å². The second-order valence-corrected chi connectivity index (χ2v) is 9.00. The SMILES string of the molecule is [N-]=[N+]=NC1CC[C@@H]([C@@H](COCc2ccccc2)N(Cc2ccccc2)C(=O)OCc2ccccc2)OC1=O. The Morgan fingerprint density at radius 3 is 2.08 bits per heavy atom. The fraction of sp³-hybridized carbons (Fsp3) is 0.310. The maximum absolute atomic E-state index is 13.5. The number of benzene rings is 3. The lowest BCUT2D eigenvalue weighted by atomic mass is 9.98. The van der Waals surface area contributed by atoms with E-state index in [2.05, 4.69) is 10.0 Å². The number of azide groups is 1. The van der Waals surface area contributed by atoms with Crippen molar-refractivity contribution >= 4 is 12.1 Å². The minimum atomic E-state index is -0.880. The Balaban J connectivity index is 1.56. The highest BCUT2D eigenvalue weighted by Crippen LogP contribution is 2.25. The lowest BCUT2D eigenvalue weighted by Crippen LogP contribution is -2.53. The van der Waals surface area contributed by atoms with Gasteiger partial charge in [-0.25, -0.2) is 4.79 Å². The fourth-order valence-corrected chi connectivity index (χ4v) is 4.33. The van der Waals surface area contributed by atoms with Gasteiger partial charge >= 0.3 is 12.1 Å². The third kappa shape index (κ3) is 7.59. The van der Waals surface area contributed by atoms with E-state index in [4.69, 9.17) is 19.7 Å². The van der Waals surface area contributed by atoms with Crippen molar-refractivity contribution in [1.29, 1.82) is 0 Å². The van der Waals surface area contributed by atoms with Gasteiger partial charge in [-0.1, -0.05) is 96.1 Å². The minimum absolute atomic E-state index is 0.103. The van der Waals surface area contributed by atoms with Crippen LogP contribution in [0.25, 0.3) is 10.4 Å². The van der Waals surface area contributed by atoms with Crippen molar-refractivity contribution in [2.24, 2.45) is 5.11 Å². The molecule has 38 heavy (non-hydrogen) atoms. The first-order valence-corrected chi connectivity index (χ1v) is 12.5. The van der Waals surface area contributed by atoms with Crippen LogP contribution in [0.2, 0.25) is 0 Å². The van der Waals surface area contributed by atoms with E-state index in [0.29, 0.717) is 19.4 Å². The van der Waals surface area contributed by atoms with Gasteiger partial charge in [-0.3, -0.25) is 9.69 Å². The first kappa shape index (κ1) is 26.7. The average Bonchev–Trinajstić information content (AvgIpc) is 2.96. The molecule has 0 aliphatic carbocycles. The standard InChI is InChI=1S/C29H30N4O5/c30-32-31-25-16-17-27(38-28(25)34)26(21-36-19-23-12-6-2-7-13-23)33(18-22-10-4-1-5-11-22)29(35)37-20-24-14-8-3-9-15-24/h1-15,25-27H,16-21H2/t25?,26-,27+/m1/s1. The molecule has 1 heterocycles. The zero-order chi connectivity index (χ0) is 26.6. The molecule has 3 atom stereocenters. The number of rotatable bonds is 11. The Kier molecular flexibility index (Phi) is 9.73. The van der Waals surface area contributed by atoms with Crippen molar-refractivity contribution < 1.29 is 23.8 Å². The third-order valence-electron chi connectivity index (χ3n) is 6.32. The van der Waals surface area contributed by atoms with Gasteiger partial charge < -0.3 is 14.2 Å². The monoisotopic (exact) mass is 514 g/mol. The Hall–Kier alpha value is -4.33. The first-order chi connectivity index (χ1) is 18.6. The smallest absolute Gasteiger partial charge is 0.410 e. The van der Waals surface area contributed by atoms with Crippen molar-refractivity contribution in [1.82, 2.24) is 4.90 Å². The molecule has 0 bridgehead atoms. The Morgan fingerprint density at radius 1 is 0.921 bits per heavy atom. The lowest BCUT2D eigenvalue weighted by molar-refractivity contribution is -0.162. The highest BCUT2D eigenvalue weighted by Gasteiger charge is 2.39. The molecule has 1 aliphatic rings. The van der Waals surface area contributed by atoms with Gasteiger partial charge in [0, 0.05) is 11.5 Å². The van der Waals surface area contributed by atoms with Gasteiger partial charge in [0.15, 0.2) is 0 Å². The van der Waals surface area contributed by atoms with E-state index in [-0.39, 0.29) is 19.8 Å². The number of hydrogen-bond donors (Lipinski definition) is 0. The topological polar surface area (TPSA) is 114 Å². The molecule has 1 aliphatic heterocycles. The van der Waals surface area contributed by atoms with E-state index in [1.54, 1.807) is 4.90 Å². The quantitative estimate of drug-likeness (QED) is 0.139. The van der Waals surface area contributed by atoms with E-state index in [9.17, 15) is 9.59 Å². The average molecular weight is 515 g/mol. The summed E-state index contributed by atoms with van der Waals surface area (Å²) in [6.07, 6.45) is -0.469. The van der Waals surface area contributed by atoms with Gasteiger partial charge in [0.05, 0.1) is 19.3 Å². The number of carbonyl (C=O) groups excluding carboxylic acids is 2. The molecule has 3 aromatic rings. The van der Waals surface area contributed by atoms with Gasteiger partial charge in [0.2, 0.25) is 0 Å². The molecule has 0 spiro atoms. The molecule has 0 N–H and O–H groups in total. The molecule has 1 fully saturated rings. The molecule has 196 valence electrons. The van der Waals surface area contributed by atoms with Crippen LogP contribution in [0, 0.1) is 0 Å². The van der Waals surface area contributed by atoms with E-state index in [1.807, 2.05) is 91.0 Å². The van der Waals surface area contributed by atoms with Crippen molar-refractivity contribution in [3.8, 4) is 0 Å². The summed E-state index contributed by atoms with van der Waals surface area (Å²) >= 11 is 0. The van der Waals surface area contributed by atoms with Crippen LogP contribution in [0.4, 0.5) is 4.79 Å². The summed E-state index contributed by atoms with van der Waals surface area (Å²) in [4.78, 5) is 30.4. The molecule has 0 aromatic heterocycles. The highest BCUT2D eigenvalue weighted by molar-refractivity contribution is 5.77. The Bertz CT molecular complexity index is 1220. The van der Waals surface area contributed by atoms with E-state index >= 15 is 0 Å². The van der Waals surface area contributed by atoms with Crippen LogP contribution in [0.1, 0.15) is 29.5 Å². The molecule has 9 heteroatoms. The van der Waals surface area contributed by atoms with Gasteiger partial charge in [-0.2, -0.15) is 0 Å². The van der Waals surface area contributed by atoms with E-state index in [1.165, 1.54) is 0 Å². The lowest BCUT2D eigenvalue weighted by Gasteiger charge is -2.38. The molecule has 1 amide bonds. The second kappa shape index (κ2) is 13.8. The summed E-state index contributed by atoms with van der Waals surface area (Å²) < 4.78 is 17.5. The van der Waals surface area contributed by atoms with Crippen LogP contribution in [0.3, 0.4) is 0 Å². The molecule has 0 radical (unpaired) electrons. The number of amides is 1. The van der Waals surface area contributed by atoms with Crippen LogP contribution in [0.5, 0.6) is 0 Å². The Morgan fingerprint density at radius 2 is 1.50 bits per heavy atom. The third-order valence-corrected chi connectivity index (χ3v) is 6.32. The summed E-state index contributed by atoms with van der Waals surface area (Å²) in [5.74, 6) is -0.607. The summed E-state index contributed by atoms with van der Waals surface area (Å²) in [7, 11) is 0. The van der Waals surface area contributed by atoms with Crippen molar-refractivity contribution in [2.45, 2.75) is 50.8 Å². The molecule has 3 aromatic carbocycles. The normalized spacial score (nSPS) is 17.5. The molecule has 1 saturated heterocycles. The number of ether oxygens (including phenoxy) is 3. The van der Waals surface area contributed by atoms with Crippen LogP contribution in [-0.2, 0) is 38.8 Å². The number of cyclic esters (lactones) is 1. The fourth-order valence-electron chi connectivity index (χ4n) is 4.33. The zero-order valence-electron chi connectivity index (χ0n) is 21.0. The minimum Gasteiger partial charge on any atom is -0.460 e. The second-order valence-electron chi connectivity index (χ2n) is 9.00. The number of nitrogens with zero attached hydrogens (tertiary/aromatic N) is 4. The molecule has 9 nitrogen and oxygen atoms in total. The summed E-state index contributed by atoms with van der Waals surface area (Å²) in [5, 5.41) is 3.54. The van der Waals surface area contributed by atoms with Crippen LogP contribution in [-0.4, -0.2) is 41.8 Å². The van der Waals surface area contributed by atoms with Crippen LogP contribution < -0.4 is 0 Å². The summed E-state index contributed by atoms with van der Waals surface area (Å²) in [6, 6.07) is 27.2. The number of carbonyl (C=O) groups is 2. The van der Waals surface area contributed by atoms with Gasteiger partial charge in [-0.15, -0.1) is 0 Å². The molecule has 0 saturated carbocycles. The van der Waals surface area contributed by atoms with Gasteiger partial charge in [0.1, 0.15) is 18.8 Å². The maximum atomic E-state index is 13.5. The largest absolute Gasteiger partial charge is 0.460 e. The highest BCUT2D eigenvalue weighted by atomic mass is 16.6. The zero-order valence-corrected chi connectivity index (χ0v) is 21.0. The first-order valence-electron chi connectivity index (χ1n) is 12.5. The van der Waals surface area contributed by atoms with Crippen LogP contribution in [0.15, 0.2) is 96.1 Å². The van der Waals surface area contributed by atoms with Gasteiger partial charge in [0.25, 0.3) is 0 Å². The van der Waals surface area contributed by atoms with E-state index in [0.717, 1.165) is 16.7 Å². The van der Waals surface area contributed by atoms with E-state index < -0.39 is 30.3 Å². The van der Waals surface area contributed by atoms with Gasteiger partial charge in [-0.05, 0) is 35.1 Å². The summed E-state index contributed by atoms with van der Waals surface area (Å²) in [6.45, 7) is 0.789. The molecular formula is C29H30N4O5. The summed E-state index contributed by atoms with van der Waals surface area (Å²) in [5.41, 5.74) is 11.5. The molecule has 4 rings (SSSR count). The maximum Gasteiger partial charge on any atom is 0.410 e. The van der Waals surface area contributed by atoms with Crippen molar-refractivity contribution in [3.63, 3.8) is 0 Å². The Labute approximate surface area is 221 Å². The van der Waals surface area contributed by atoms with Crippen molar-refractivity contribution in [2.75, 3.05) is 6.61 Å². The predicted octanol–water partition coefficient (Wildman–Crippen LogP) is 5.80. The molecule has 1 unspecified atom stereocenters. The number of esters is 1. The number of hydrogen-bond acceptors (Lipinski definition) is 6. The van der Waals surface area contributed by atoms with Crippen LogP contribution >= 0.6 is 0 Å². The predicted molar refractivity (Wildman–Crippen MR) is 141 cm³/mol. The molecular weight excluding hydrogens is 484 g/mol.